The van der Waals surface area contributed by atoms with Crippen LogP contribution in [0.5, 0.6) is 5.75 Å². The van der Waals surface area contributed by atoms with Crippen LogP contribution in [0.4, 0.5) is 4.39 Å². The second-order valence-electron chi connectivity index (χ2n) is 8.17. The number of halogens is 1. The van der Waals surface area contributed by atoms with E-state index in [2.05, 4.69) is 21.2 Å². The van der Waals surface area contributed by atoms with E-state index in [1.807, 2.05) is 6.07 Å². The number of aryl methyl sites for hydroxylation is 1. The zero-order valence-electron chi connectivity index (χ0n) is 17.0. The average Bonchev–Trinajstić information content (AvgIpc) is 3.25. The number of ether oxygens (including phenoxy) is 1. The molecule has 0 amide bonds. The van der Waals surface area contributed by atoms with E-state index in [4.69, 9.17) is 11.2 Å². The Kier molecular flexibility index (Phi) is 4.89. The maximum atomic E-state index is 14.6. The van der Waals surface area contributed by atoms with Gasteiger partial charge in [-0.3, -0.25) is 0 Å². The molecule has 8 heteroatoms. The molecule has 4 atom stereocenters. The maximum Gasteiger partial charge on any atom is 0.152 e. The summed E-state index contributed by atoms with van der Waals surface area (Å²) in [5, 5.41) is 25.2. The van der Waals surface area contributed by atoms with Crippen molar-refractivity contribution >= 4 is 11.0 Å². The first-order chi connectivity index (χ1) is 15.0. The highest BCUT2D eigenvalue weighted by atomic mass is 19.1. The zero-order valence-corrected chi connectivity index (χ0v) is 17.0. The molecule has 3 aromatic rings. The second-order valence-corrected chi connectivity index (χ2v) is 8.17. The lowest BCUT2D eigenvalue weighted by Gasteiger charge is -2.24. The van der Waals surface area contributed by atoms with Gasteiger partial charge in [0, 0.05) is 30.3 Å². The minimum Gasteiger partial charge on any atom is -0.487 e. The summed E-state index contributed by atoms with van der Waals surface area (Å²) in [5.74, 6) is 2.80. The summed E-state index contributed by atoms with van der Waals surface area (Å²) in [5.41, 5.74) is 3.76. The van der Waals surface area contributed by atoms with E-state index in [0.717, 1.165) is 24.1 Å². The summed E-state index contributed by atoms with van der Waals surface area (Å²) in [6.45, 7) is 3.22. The van der Waals surface area contributed by atoms with Crippen molar-refractivity contribution < 1.29 is 19.3 Å². The molecule has 31 heavy (non-hydrogen) atoms. The van der Waals surface area contributed by atoms with E-state index < -0.39 is 30.2 Å². The normalized spacial score (nSPS) is 25.4. The van der Waals surface area contributed by atoms with Gasteiger partial charge in [-0.05, 0) is 37.6 Å². The van der Waals surface area contributed by atoms with Gasteiger partial charge in [-0.15, -0.1) is 6.42 Å². The fourth-order valence-electron chi connectivity index (χ4n) is 4.71. The van der Waals surface area contributed by atoms with Crippen molar-refractivity contribution in [2.24, 2.45) is 0 Å². The molecule has 2 aliphatic rings. The Morgan fingerprint density at radius 1 is 1.29 bits per heavy atom. The lowest BCUT2D eigenvalue weighted by molar-refractivity contribution is -0.0166. The molecular formula is C23H23FN4O3. The van der Waals surface area contributed by atoms with E-state index in [0.29, 0.717) is 34.6 Å². The van der Waals surface area contributed by atoms with Crippen LogP contribution < -0.4 is 10.1 Å². The predicted octanol–water partition coefficient (Wildman–Crippen LogP) is 1.62. The molecule has 0 radical (unpaired) electrons. The Morgan fingerprint density at radius 2 is 2.13 bits per heavy atom. The van der Waals surface area contributed by atoms with Gasteiger partial charge in [0.05, 0.1) is 17.1 Å². The minimum absolute atomic E-state index is 0.289. The van der Waals surface area contributed by atoms with Crippen LogP contribution in [-0.2, 0) is 13.0 Å². The van der Waals surface area contributed by atoms with Crippen LogP contribution >= 0.6 is 0 Å². The standard InChI is InChI=1S/C23H23FN4O3/c1-3-13-6-14-4-5-25-9-15(14)18(7-13)31-19-8-17(21(29)22(19)30)28-10-16(24)20-12(2)26-11-27-23(20)28/h1,6-7,10-11,17,19,21-22,25,29-30H,4-5,8-9H2,2H3/t17?,19?,21-,22?/m0/s1. The van der Waals surface area contributed by atoms with E-state index in [9.17, 15) is 14.6 Å². The Bertz CT molecular complexity index is 1200. The first-order valence-corrected chi connectivity index (χ1v) is 10.3. The third-order valence-electron chi connectivity index (χ3n) is 6.33. The van der Waals surface area contributed by atoms with Crippen LogP contribution in [0.15, 0.2) is 24.7 Å². The van der Waals surface area contributed by atoms with Gasteiger partial charge in [0.2, 0.25) is 0 Å². The molecule has 0 bridgehead atoms. The number of rotatable bonds is 3. The molecule has 3 unspecified atom stereocenters. The van der Waals surface area contributed by atoms with Crippen molar-refractivity contribution in [2.75, 3.05) is 6.54 Å². The van der Waals surface area contributed by atoms with Gasteiger partial charge >= 0.3 is 0 Å². The van der Waals surface area contributed by atoms with Gasteiger partial charge in [-0.25, -0.2) is 14.4 Å². The summed E-state index contributed by atoms with van der Waals surface area (Å²) in [6, 6.07) is 3.19. The molecule has 2 aromatic heterocycles. The Balaban J connectivity index is 1.48. The van der Waals surface area contributed by atoms with Gasteiger partial charge in [-0.2, -0.15) is 0 Å². The van der Waals surface area contributed by atoms with Crippen LogP contribution in [0.2, 0.25) is 0 Å². The van der Waals surface area contributed by atoms with Gasteiger partial charge < -0.3 is 24.8 Å². The van der Waals surface area contributed by atoms with Crippen molar-refractivity contribution in [3.8, 4) is 18.1 Å². The zero-order chi connectivity index (χ0) is 21.7. The lowest BCUT2D eigenvalue weighted by Crippen LogP contribution is -2.35. The number of aromatic nitrogens is 3. The summed E-state index contributed by atoms with van der Waals surface area (Å²) >= 11 is 0. The van der Waals surface area contributed by atoms with Crippen molar-refractivity contribution in [3.63, 3.8) is 0 Å². The molecule has 7 nitrogen and oxygen atoms in total. The average molecular weight is 422 g/mol. The summed E-state index contributed by atoms with van der Waals surface area (Å²) in [4.78, 5) is 8.25. The molecule has 1 aliphatic carbocycles. The number of terminal acetylenes is 1. The quantitative estimate of drug-likeness (QED) is 0.556. The molecule has 3 heterocycles. The first kappa shape index (κ1) is 19.9. The highest BCUT2D eigenvalue weighted by Crippen LogP contribution is 2.38. The minimum atomic E-state index is -1.14. The molecule has 1 fully saturated rings. The van der Waals surface area contributed by atoms with E-state index in [-0.39, 0.29) is 6.42 Å². The van der Waals surface area contributed by atoms with Crippen LogP contribution in [-0.4, -0.2) is 49.6 Å². The van der Waals surface area contributed by atoms with Crippen molar-refractivity contribution in [3.05, 3.63) is 52.9 Å². The molecular weight excluding hydrogens is 399 g/mol. The highest BCUT2D eigenvalue weighted by Gasteiger charge is 2.45. The van der Waals surface area contributed by atoms with E-state index in [1.54, 1.807) is 17.6 Å². The smallest absolute Gasteiger partial charge is 0.152 e. The van der Waals surface area contributed by atoms with Crippen molar-refractivity contribution in [1.29, 1.82) is 0 Å². The molecule has 3 N–H and O–H groups in total. The third-order valence-corrected chi connectivity index (χ3v) is 6.33. The summed E-state index contributed by atoms with van der Waals surface area (Å²) in [7, 11) is 0. The third kappa shape index (κ3) is 3.26. The van der Waals surface area contributed by atoms with Crippen LogP contribution in [0, 0.1) is 25.1 Å². The van der Waals surface area contributed by atoms with Crippen LogP contribution in [0.3, 0.4) is 0 Å². The largest absolute Gasteiger partial charge is 0.487 e. The van der Waals surface area contributed by atoms with E-state index >= 15 is 0 Å². The Morgan fingerprint density at radius 3 is 2.94 bits per heavy atom. The molecule has 1 aliphatic heterocycles. The highest BCUT2D eigenvalue weighted by molar-refractivity contribution is 5.79. The monoisotopic (exact) mass is 422 g/mol. The molecule has 0 spiro atoms. The first-order valence-electron chi connectivity index (χ1n) is 10.3. The maximum absolute atomic E-state index is 14.6. The lowest BCUT2D eigenvalue weighted by atomic mass is 9.97. The number of fused-ring (bicyclic) bond motifs is 2. The number of aliphatic hydroxyl groups excluding tert-OH is 2. The summed E-state index contributed by atoms with van der Waals surface area (Å²) < 4.78 is 22.3. The number of aliphatic hydroxyl groups is 2. The number of nitrogens with zero attached hydrogens (tertiary/aromatic N) is 3. The van der Waals surface area contributed by atoms with Gasteiger partial charge in [0.15, 0.2) is 5.82 Å². The van der Waals surface area contributed by atoms with Gasteiger partial charge in [0.1, 0.15) is 36.0 Å². The van der Waals surface area contributed by atoms with Crippen molar-refractivity contribution in [1.82, 2.24) is 19.9 Å². The van der Waals surface area contributed by atoms with E-state index in [1.165, 1.54) is 12.5 Å². The van der Waals surface area contributed by atoms with Crippen LogP contribution in [0.25, 0.3) is 11.0 Å². The molecule has 1 aromatic carbocycles. The number of hydrogen-bond acceptors (Lipinski definition) is 6. The fourth-order valence-corrected chi connectivity index (χ4v) is 4.71. The predicted molar refractivity (Wildman–Crippen MR) is 112 cm³/mol. The Hall–Kier alpha value is -2.99. The molecule has 1 saturated carbocycles. The summed E-state index contributed by atoms with van der Waals surface area (Å²) in [6.07, 6.45) is 6.45. The molecule has 160 valence electrons. The Labute approximate surface area is 178 Å². The SMILES string of the molecule is C#Cc1cc2c(c(OC3CC(n4cc(F)c5c(C)ncnc54)[C@H](O)C3O)c1)CNCC2. The molecule has 5 rings (SSSR count). The topological polar surface area (TPSA) is 92.4 Å². The fraction of sp³-hybridized carbons (Fsp3) is 0.391. The second kappa shape index (κ2) is 7.61. The van der Waals surface area contributed by atoms with Gasteiger partial charge in [-0.1, -0.05) is 5.92 Å². The number of hydrogen-bond donors (Lipinski definition) is 3. The van der Waals surface area contributed by atoms with Crippen molar-refractivity contribution in [2.45, 2.75) is 50.7 Å². The number of nitrogens with one attached hydrogen (secondary N) is 1. The number of benzene rings is 1. The van der Waals surface area contributed by atoms with Crippen LogP contribution in [0.1, 0.15) is 34.8 Å². The molecule has 0 saturated heterocycles. The van der Waals surface area contributed by atoms with Gasteiger partial charge in [0.25, 0.3) is 0 Å².